The Morgan fingerprint density at radius 2 is 1.41 bits per heavy atom. The van der Waals surface area contributed by atoms with E-state index in [1.165, 1.54) is 0 Å². The van der Waals surface area contributed by atoms with Crippen molar-refractivity contribution in [1.29, 1.82) is 0 Å². The van der Waals surface area contributed by atoms with Crippen LogP contribution in [0.25, 0.3) is 6.08 Å². The Kier molecular flexibility index (Phi) is 7.33. The normalized spacial score (nSPS) is 15.1. The molecule has 176 valence electrons. The molecule has 1 N–H and O–H groups in total. The fourth-order valence-corrected chi connectivity index (χ4v) is 4.10. The lowest BCUT2D eigenvalue weighted by Gasteiger charge is -2.28. The van der Waals surface area contributed by atoms with Gasteiger partial charge in [-0.3, -0.25) is 10.4 Å². The highest BCUT2D eigenvalue weighted by Crippen LogP contribution is 2.39. The number of rotatable bonds is 8. The summed E-state index contributed by atoms with van der Waals surface area (Å²) in [5.41, 5.74) is 7.46. The van der Waals surface area contributed by atoms with Crippen LogP contribution in [0.2, 0.25) is 0 Å². The molecule has 1 aliphatic rings. The molecule has 7 heteroatoms. The summed E-state index contributed by atoms with van der Waals surface area (Å²) in [7, 11) is 6.61. The number of allylic oxidation sites excluding steroid dienone is 1. The van der Waals surface area contributed by atoms with E-state index in [0.29, 0.717) is 0 Å². The molecule has 0 bridgehead atoms. The molecule has 0 spiro atoms. The van der Waals surface area contributed by atoms with Gasteiger partial charge in [-0.25, -0.2) is 0 Å². The third kappa shape index (κ3) is 4.99. The molecule has 0 aromatic heterocycles. The predicted octanol–water partition coefficient (Wildman–Crippen LogP) is 6.15. The fraction of sp³-hybridized carbons (Fsp3) is 0.185. The van der Waals surface area contributed by atoms with Gasteiger partial charge >= 0.3 is 0 Å². The average Bonchev–Trinajstić information content (AvgIpc) is 3.31. The standard InChI is InChI=1S/C27H27BrN2O4/c1-31-22-12-6-18(26(16-22)33-3)5-9-20-15-25(24-14-13-23(32-2)17-27(24)34-4)30(29-20)21-10-7-19(28)8-11-21/h5-17,25,29H,1-4H3/b9-5+/t25-/m0/s1. The molecule has 4 rings (SSSR count). The first-order valence-electron chi connectivity index (χ1n) is 10.7. The number of hydrogen-bond donors (Lipinski definition) is 1. The second-order valence-electron chi connectivity index (χ2n) is 7.57. The van der Waals surface area contributed by atoms with Crippen molar-refractivity contribution in [2.24, 2.45) is 0 Å². The third-order valence-corrected chi connectivity index (χ3v) is 6.14. The van der Waals surface area contributed by atoms with Gasteiger partial charge in [-0.15, -0.1) is 0 Å². The number of hydrazine groups is 1. The van der Waals surface area contributed by atoms with Crippen molar-refractivity contribution in [2.75, 3.05) is 33.4 Å². The first-order chi connectivity index (χ1) is 16.6. The van der Waals surface area contributed by atoms with Gasteiger partial charge in [-0.1, -0.05) is 15.9 Å². The van der Waals surface area contributed by atoms with E-state index < -0.39 is 0 Å². The van der Waals surface area contributed by atoms with Crippen molar-refractivity contribution in [3.05, 3.63) is 94.1 Å². The molecule has 34 heavy (non-hydrogen) atoms. The quantitative estimate of drug-likeness (QED) is 0.383. The summed E-state index contributed by atoms with van der Waals surface area (Å²) < 4.78 is 22.9. The number of halogens is 1. The zero-order valence-corrected chi connectivity index (χ0v) is 21.1. The number of nitrogens with zero attached hydrogens (tertiary/aromatic N) is 1. The molecule has 0 amide bonds. The highest BCUT2D eigenvalue weighted by atomic mass is 79.9. The Morgan fingerprint density at radius 1 is 0.765 bits per heavy atom. The summed E-state index contributed by atoms with van der Waals surface area (Å²) in [6.07, 6.45) is 6.22. The first kappa shape index (κ1) is 23.6. The maximum atomic E-state index is 5.70. The molecule has 3 aromatic rings. The van der Waals surface area contributed by atoms with E-state index in [-0.39, 0.29) is 6.04 Å². The fourth-order valence-electron chi connectivity index (χ4n) is 3.84. The molecule has 0 aliphatic carbocycles. The topological polar surface area (TPSA) is 52.2 Å². The summed E-state index contributed by atoms with van der Waals surface area (Å²) in [4.78, 5) is 0. The van der Waals surface area contributed by atoms with E-state index in [1.807, 2.05) is 60.7 Å². The lowest BCUT2D eigenvalue weighted by atomic mass is 10.0. The minimum atomic E-state index is -0.0977. The summed E-state index contributed by atoms with van der Waals surface area (Å²) in [5.74, 6) is 3.00. The van der Waals surface area contributed by atoms with E-state index in [0.717, 1.165) is 50.0 Å². The largest absolute Gasteiger partial charge is 0.497 e. The van der Waals surface area contributed by atoms with Gasteiger partial charge in [0.1, 0.15) is 23.0 Å². The maximum Gasteiger partial charge on any atom is 0.129 e. The molecule has 0 saturated carbocycles. The van der Waals surface area contributed by atoms with Crippen LogP contribution in [0.1, 0.15) is 17.2 Å². The van der Waals surface area contributed by atoms with Crippen molar-refractivity contribution in [2.45, 2.75) is 6.04 Å². The Labute approximate surface area is 208 Å². The molecule has 1 atom stereocenters. The van der Waals surface area contributed by atoms with Gasteiger partial charge in [-0.2, -0.15) is 0 Å². The van der Waals surface area contributed by atoms with Crippen LogP contribution >= 0.6 is 15.9 Å². The van der Waals surface area contributed by atoms with Crippen LogP contribution in [0.5, 0.6) is 23.0 Å². The smallest absolute Gasteiger partial charge is 0.129 e. The van der Waals surface area contributed by atoms with Gasteiger partial charge in [0, 0.05) is 27.7 Å². The van der Waals surface area contributed by atoms with E-state index in [1.54, 1.807) is 28.4 Å². The van der Waals surface area contributed by atoms with Crippen LogP contribution in [-0.4, -0.2) is 28.4 Å². The molecular formula is C27H27BrN2O4. The Balaban J connectivity index is 1.71. The van der Waals surface area contributed by atoms with Crippen molar-refractivity contribution in [1.82, 2.24) is 5.43 Å². The van der Waals surface area contributed by atoms with Crippen molar-refractivity contribution < 1.29 is 18.9 Å². The molecule has 1 heterocycles. The van der Waals surface area contributed by atoms with Gasteiger partial charge in [0.25, 0.3) is 0 Å². The van der Waals surface area contributed by atoms with Gasteiger partial charge in [0.2, 0.25) is 0 Å². The number of benzene rings is 3. The number of hydrogen-bond acceptors (Lipinski definition) is 6. The SMILES string of the molecule is COc1ccc(/C=C/C2=C[C@@H](c3ccc(OC)cc3OC)N(c3ccc(Br)cc3)N2)c(OC)c1. The minimum Gasteiger partial charge on any atom is -0.497 e. The maximum absolute atomic E-state index is 5.70. The second kappa shape index (κ2) is 10.6. The summed E-state index contributed by atoms with van der Waals surface area (Å²) in [6.45, 7) is 0. The summed E-state index contributed by atoms with van der Waals surface area (Å²) in [5, 5.41) is 2.11. The van der Waals surface area contributed by atoms with Crippen LogP contribution in [0.3, 0.4) is 0 Å². The van der Waals surface area contributed by atoms with Gasteiger partial charge in [0.05, 0.1) is 45.9 Å². The predicted molar refractivity (Wildman–Crippen MR) is 139 cm³/mol. The summed E-state index contributed by atoms with van der Waals surface area (Å²) >= 11 is 3.52. The molecule has 0 unspecified atom stereocenters. The number of anilines is 1. The average molecular weight is 523 g/mol. The Bertz CT molecular complexity index is 1210. The van der Waals surface area contributed by atoms with Crippen LogP contribution < -0.4 is 29.4 Å². The molecular weight excluding hydrogens is 496 g/mol. The molecule has 0 saturated heterocycles. The van der Waals surface area contributed by atoms with Crippen LogP contribution in [-0.2, 0) is 0 Å². The molecule has 3 aromatic carbocycles. The van der Waals surface area contributed by atoms with Crippen molar-refractivity contribution >= 4 is 27.7 Å². The van der Waals surface area contributed by atoms with E-state index >= 15 is 0 Å². The second-order valence-corrected chi connectivity index (χ2v) is 8.49. The monoisotopic (exact) mass is 522 g/mol. The van der Waals surface area contributed by atoms with Gasteiger partial charge in [0.15, 0.2) is 0 Å². The lowest BCUT2D eigenvalue weighted by molar-refractivity contribution is 0.389. The van der Waals surface area contributed by atoms with Gasteiger partial charge in [-0.05, 0) is 66.8 Å². The van der Waals surface area contributed by atoms with Crippen LogP contribution in [0, 0.1) is 0 Å². The number of nitrogens with one attached hydrogen (secondary N) is 1. The van der Waals surface area contributed by atoms with Crippen LogP contribution in [0.15, 0.2) is 83.0 Å². The van der Waals surface area contributed by atoms with Crippen molar-refractivity contribution in [3.63, 3.8) is 0 Å². The van der Waals surface area contributed by atoms with E-state index in [9.17, 15) is 0 Å². The molecule has 0 radical (unpaired) electrons. The van der Waals surface area contributed by atoms with Crippen molar-refractivity contribution in [3.8, 4) is 23.0 Å². The Morgan fingerprint density at radius 3 is 2.06 bits per heavy atom. The Hall–Kier alpha value is -3.58. The lowest BCUT2D eigenvalue weighted by Crippen LogP contribution is -2.34. The highest BCUT2D eigenvalue weighted by molar-refractivity contribution is 9.10. The van der Waals surface area contributed by atoms with E-state index in [4.69, 9.17) is 18.9 Å². The summed E-state index contributed by atoms with van der Waals surface area (Å²) in [6, 6.07) is 19.7. The van der Waals surface area contributed by atoms with E-state index in [2.05, 4.69) is 44.6 Å². The first-order valence-corrected chi connectivity index (χ1v) is 11.5. The highest BCUT2D eigenvalue weighted by Gasteiger charge is 2.28. The zero-order valence-electron chi connectivity index (χ0n) is 19.5. The number of ether oxygens (including phenoxy) is 4. The van der Waals surface area contributed by atoms with Crippen LogP contribution in [0.4, 0.5) is 5.69 Å². The molecule has 6 nitrogen and oxygen atoms in total. The van der Waals surface area contributed by atoms with Gasteiger partial charge < -0.3 is 18.9 Å². The zero-order chi connectivity index (χ0) is 24.1. The minimum absolute atomic E-state index is 0.0977. The molecule has 1 aliphatic heterocycles. The third-order valence-electron chi connectivity index (χ3n) is 5.61. The molecule has 0 fully saturated rings. The number of methoxy groups -OCH3 is 4.